The van der Waals surface area contributed by atoms with Crippen LogP contribution in [-0.2, 0) is 4.79 Å². The number of aliphatic hydroxyl groups excluding tert-OH is 1. The third kappa shape index (κ3) is 2.95. The van der Waals surface area contributed by atoms with Gasteiger partial charge in [0.2, 0.25) is 0 Å². The molecule has 2 aromatic rings. The van der Waals surface area contributed by atoms with Gasteiger partial charge in [-0.2, -0.15) is 0 Å². The van der Waals surface area contributed by atoms with Gasteiger partial charge in [-0.05, 0) is 56.0 Å². The van der Waals surface area contributed by atoms with E-state index < -0.39 is 0 Å². The maximum Gasteiger partial charge on any atom is 0.259 e. The Kier molecular flexibility index (Phi) is 4.37. The van der Waals surface area contributed by atoms with E-state index in [1.54, 1.807) is 6.07 Å². The Morgan fingerprint density at radius 2 is 1.77 bits per heavy atom. The second-order valence-electron chi connectivity index (χ2n) is 6.89. The molecule has 5 heteroatoms. The lowest BCUT2D eigenvalue weighted by molar-refractivity contribution is -0.110. The third-order valence-corrected chi connectivity index (χ3v) is 5.43. The molecule has 0 aromatic heterocycles. The fourth-order valence-electron chi connectivity index (χ4n) is 3.77. The fraction of sp³-hybridized carbons (Fsp3) is 0.286. The molecule has 134 valence electrons. The van der Waals surface area contributed by atoms with Crippen molar-refractivity contribution in [3.05, 3.63) is 52.7 Å². The normalized spacial score (nSPS) is 18.5. The Hall–Kier alpha value is -2.46. The summed E-state index contributed by atoms with van der Waals surface area (Å²) in [5, 5.41) is 13.2. The Morgan fingerprint density at radius 3 is 2.42 bits per heavy atom. The van der Waals surface area contributed by atoms with E-state index in [9.17, 15) is 9.90 Å². The first-order valence-corrected chi connectivity index (χ1v) is 9.33. The molecule has 26 heavy (non-hydrogen) atoms. The van der Waals surface area contributed by atoms with Gasteiger partial charge >= 0.3 is 0 Å². The van der Waals surface area contributed by atoms with Crippen LogP contribution in [0.2, 0.25) is 5.02 Å². The van der Waals surface area contributed by atoms with Crippen LogP contribution in [0.15, 0.2) is 42.2 Å². The molecule has 1 saturated heterocycles. The summed E-state index contributed by atoms with van der Waals surface area (Å²) in [4.78, 5) is 14.5. The predicted octanol–water partition coefficient (Wildman–Crippen LogP) is 5.24. The van der Waals surface area contributed by atoms with E-state index in [2.05, 4.69) is 34.5 Å². The highest BCUT2D eigenvalue weighted by Gasteiger charge is 2.28. The molecule has 0 saturated carbocycles. The molecule has 2 aromatic carbocycles. The zero-order valence-electron chi connectivity index (χ0n) is 14.7. The average molecular weight is 369 g/mol. The van der Waals surface area contributed by atoms with Gasteiger partial charge in [0.1, 0.15) is 5.76 Å². The summed E-state index contributed by atoms with van der Waals surface area (Å²) < 4.78 is 0. The molecule has 0 radical (unpaired) electrons. The number of carbonyl (C=O) groups excluding carboxylic acids is 1. The van der Waals surface area contributed by atoms with Gasteiger partial charge in [0.15, 0.2) is 0 Å². The van der Waals surface area contributed by atoms with Gasteiger partial charge < -0.3 is 15.3 Å². The van der Waals surface area contributed by atoms with E-state index in [1.807, 2.05) is 6.07 Å². The minimum absolute atomic E-state index is 0.00923. The second kappa shape index (κ2) is 6.69. The van der Waals surface area contributed by atoms with Crippen molar-refractivity contribution in [2.75, 3.05) is 23.3 Å². The maximum atomic E-state index is 12.1. The van der Waals surface area contributed by atoms with E-state index in [4.69, 9.17) is 11.6 Å². The van der Waals surface area contributed by atoms with Crippen molar-refractivity contribution in [2.24, 2.45) is 0 Å². The molecule has 4 rings (SSSR count). The topological polar surface area (TPSA) is 52.6 Å². The van der Waals surface area contributed by atoms with Crippen LogP contribution >= 0.6 is 11.6 Å². The van der Waals surface area contributed by atoms with Crippen molar-refractivity contribution in [3.63, 3.8) is 0 Å². The Bertz CT molecular complexity index is 893. The molecule has 0 spiro atoms. The maximum absolute atomic E-state index is 12.1. The quantitative estimate of drug-likeness (QED) is 0.563. The summed E-state index contributed by atoms with van der Waals surface area (Å²) in [5.74, 6) is -0.288. The van der Waals surface area contributed by atoms with Gasteiger partial charge in [-0.1, -0.05) is 23.7 Å². The van der Waals surface area contributed by atoms with Crippen molar-refractivity contribution in [2.45, 2.75) is 26.2 Å². The first-order chi connectivity index (χ1) is 12.5. The minimum atomic E-state index is -0.298. The molecule has 0 atom stereocenters. The number of halogens is 1. The highest BCUT2D eigenvalue weighted by Crippen LogP contribution is 2.40. The van der Waals surface area contributed by atoms with Crippen LogP contribution in [0.4, 0.5) is 11.4 Å². The highest BCUT2D eigenvalue weighted by atomic mass is 35.5. The van der Waals surface area contributed by atoms with Crippen molar-refractivity contribution >= 4 is 34.5 Å². The standard InChI is InChI=1S/C21H21ClN2O2/c1-13(25)20-17-11-16(18(22)12-19(17)23-21(20)26)14-5-7-15(8-6-14)24-9-3-2-4-10-24/h5-8,11-12,25H,2-4,9-10H2,1H3,(H,23,26)/b20-13+. The van der Waals surface area contributed by atoms with Gasteiger partial charge in [0, 0.05) is 29.9 Å². The van der Waals surface area contributed by atoms with Crippen molar-refractivity contribution < 1.29 is 9.90 Å². The van der Waals surface area contributed by atoms with E-state index in [0.717, 1.165) is 24.2 Å². The zero-order chi connectivity index (χ0) is 18.3. The summed E-state index contributed by atoms with van der Waals surface area (Å²) in [7, 11) is 0. The first kappa shape index (κ1) is 17.0. The lowest BCUT2D eigenvalue weighted by Gasteiger charge is -2.28. The average Bonchev–Trinajstić information content (AvgIpc) is 2.96. The number of benzene rings is 2. The van der Waals surface area contributed by atoms with E-state index in [0.29, 0.717) is 21.8 Å². The van der Waals surface area contributed by atoms with Crippen LogP contribution in [-0.4, -0.2) is 24.1 Å². The number of amides is 1. The number of anilines is 2. The number of piperidine rings is 1. The van der Waals surface area contributed by atoms with Gasteiger partial charge in [0.05, 0.1) is 16.3 Å². The number of allylic oxidation sites excluding steroid dienone is 1. The first-order valence-electron chi connectivity index (χ1n) is 8.95. The SMILES string of the molecule is C/C(O)=C1\C(=O)Nc2cc(Cl)c(-c3ccc(N4CCCCC4)cc3)cc21. The van der Waals surface area contributed by atoms with Crippen LogP contribution in [0, 0.1) is 0 Å². The molecule has 0 unspecified atom stereocenters. The largest absolute Gasteiger partial charge is 0.512 e. The number of hydrogen-bond donors (Lipinski definition) is 2. The summed E-state index contributed by atoms with van der Waals surface area (Å²) in [6.07, 6.45) is 3.80. The van der Waals surface area contributed by atoms with Crippen molar-refractivity contribution in [3.8, 4) is 11.1 Å². The van der Waals surface area contributed by atoms with Crippen LogP contribution in [0.5, 0.6) is 0 Å². The van der Waals surface area contributed by atoms with E-state index in [-0.39, 0.29) is 11.7 Å². The molecule has 0 bridgehead atoms. The van der Waals surface area contributed by atoms with Crippen LogP contribution in [0.3, 0.4) is 0 Å². The molecule has 0 aliphatic carbocycles. The lowest BCUT2D eigenvalue weighted by Crippen LogP contribution is -2.29. The van der Waals surface area contributed by atoms with Crippen LogP contribution in [0.1, 0.15) is 31.7 Å². The molecular weight excluding hydrogens is 348 g/mol. The third-order valence-electron chi connectivity index (χ3n) is 5.11. The molecule has 1 amide bonds. The van der Waals surface area contributed by atoms with Gasteiger partial charge in [0.25, 0.3) is 5.91 Å². The van der Waals surface area contributed by atoms with E-state index >= 15 is 0 Å². The molecular formula is C21H21ClN2O2. The highest BCUT2D eigenvalue weighted by molar-refractivity contribution is 6.36. The number of nitrogens with one attached hydrogen (secondary N) is 1. The van der Waals surface area contributed by atoms with Gasteiger partial charge in [-0.3, -0.25) is 4.79 Å². The van der Waals surface area contributed by atoms with Crippen LogP contribution < -0.4 is 10.2 Å². The van der Waals surface area contributed by atoms with Crippen molar-refractivity contribution in [1.29, 1.82) is 0 Å². The van der Waals surface area contributed by atoms with E-state index in [1.165, 1.54) is 31.9 Å². The van der Waals surface area contributed by atoms with Crippen LogP contribution in [0.25, 0.3) is 16.7 Å². The van der Waals surface area contributed by atoms with Crippen molar-refractivity contribution in [1.82, 2.24) is 0 Å². The van der Waals surface area contributed by atoms with Gasteiger partial charge in [-0.15, -0.1) is 0 Å². The molecule has 1 fully saturated rings. The smallest absolute Gasteiger partial charge is 0.259 e. The van der Waals surface area contributed by atoms with Gasteiger partial charge in [-0.25, -0.2) is 0 Å². The Morgan fingerprint density at radius 1 is 1.08 bits per heavy atom. The fourth-order valence-corrected chi connectivity index (χ4v) is 4.05. The summed E-state index contributed by atoms with van der Waals surface area (Å²) in [6, 6.07) is 12.0. The molecule has 4 nitrogen and oxygen atoms in total. The number of fused-ring (bicyclic) bond motifs is 1. The molecule has 2 heterocycles. The minimum Gasteiger partial charge on any atom is -0.512 e. The number of rotatable bonds is 2. The summed E-state index contributed by atoms with van der Waals surface area (Å²) in [6.45, 7) is 3.74. The lowest BCUT2D eigenvalue weighted by atomic mass is 9.98. The number of carbonyl (C=O) groups is 1. The Balaban J connectivity index is 1.70. The molecule has 2 aliphatic rings. The number of nitrogens with zero attached hydrogens (tertiary/aromatic N) is 1. The summed E-state index contributed by atoms with van der Waals surface area (Å²) in [5.41, 5.74) is 4.71. The molecule has 2 N–H and O–H groups in total. The second-order valence-corrected chi connectivity index (χ2v) is 7.29. The number of hydrogen-bond acceptors (Lipinski definition) is 3. The number of aliphatic hydroxyl groups is 1. The molecule has 2 aliphatic heterocycles. The zero-order valence-corrected chi connectivity index (χ0v) is 15.4. The summed E-state index contributed by atoms with van der Waals surface area (Å²) >= 11 is 6.47. The monoisotopic (exact) mass is 368 g/mol. The Labute approximate surface area is 158 Å². The predicted molar refractivity (Wildman–Crippen MR) is 107 cm³/mol.